The van der Waals surface area contributed by atoms with Gasteiger partial charge in [-0.1, -0.05) is 13.3 Å². The molecule has 19 heavy (non-hydrogen) atoms. The average molecular weight is 266 g/mol. The third-order valence-electron chi connectivity index (χ3n) is 2.79. The van der Waals surface area contributed by atoms with E-state index in [1.165, 1.54) is 6.33 Å². The number of hydrogen-bond acceptors (Lipinski definition) is 5. The largest absolute Gasteiger partial charge is 0.383 e. The van der Waals surface area contributed by atoms with Crippen molar-refractivity contribution in [3.8, 4) is 0 Å². The lowest BCUT2D eigenvalue weighted by Crippen LogP contribution is -2.11. The molecule has 0 bridgehead atoms. The van der Waals surface area contributed by atoms with Crippen LogP contribution in [0.2, 0.25) is 0 Å². The number of rotatable bonds is 9. The fourth-order valence-electron chi connectivity index (χ4n) is 1.83. The second-order valence-electron chi connectivity index (χ2n) is 4.89. The Morgan fingerprint density at radius 1 is 1.32 bits per heavy atom. The van der Waals surface area contributed by atoms with Gasteiger partial charge in [0.2, 0.25) is 0 Å². The van der Waals surface area contributed by atoms with E-state index in [1.807, 2.05) is 0 Å². The molecular formula is C14H26N4O. The predicted molar refractivity (Wildman–Crippen MR) is 79.3 cm³/mol. The molecular weight excluding hydrogens is 240 g/mol. The second-order valence-corrected chi connectivity index (χ2v) is 4.89. The van der Waals surface area contributed by atoms with Crippen LogP contribution in [0.25, 0.3) is 0 Å². The van der Waals surface area contributed by atoms with Gasteiger partial charge >= 0.3 is 0 Å². The van der Waals surface area contributed by atoms with E-state index in [1.54, 1.807) is 0 Å². The molecule has 0 aliphatic heterocycles. The Morgan fingerprint density at radius 3 is 2.79 bits per heavy atom. The molecule has 0 saturated carbocycles. The Morgan fingerprint density at radius 2 is 2.11 bits per heavy atom. The van der Waals surface area contributed by atoms with Gasteiger partial charge < -0.3 is 15.8 Å². The molecule has 0 saturated heterocycles. The summed E-state index contributed by atoms with van der Waals surface area (Å²) >= 11 is 0. The van der Waals surface area contributed by atoms with Crippen molar-refractivity contribution >= 4 is 11.6 Å². The normalized spacial score (nSPS) is 10.9. The van der Waals surface area contributed by atoms with Gasteiger partial charge in [-0.15, -0.1) is 0 Å². The second kappa shape index (κ2) is 8.69. The molecule has 1 aromatic rings. The van der Waals surface area contributed by atoms with Gasteiger partial charge in [-0.05, 0) is 33.1 Å². The van der Waals surface area contributed by atoms with E-state index >= 15 is 0 Å². The summed E-state index contributed by atoms with van der Waals surface area (Å²) in [5, 5.41) is 3.34. The Labute approximate surface area is 116 Å². The molecule has 0 radical (unpaired) electrons. The lowest BCUT2D eigenvalue weighted by atomic mass is 10.1. The van der Waals surface area contributed by atoms with E-state index in [-0.39, 0.29) is 0 Å². The Kier molecular flexibility index (Phi) is 7.18. The molecule has 5 nitrogen and oxygen atoms in total. The van der Waals surface area contributed by atoms with Crippen LogP contribution in [-0.4, -0.2) is 29.2 Å². The maximum atomic E-state index is 5.88. The summed E-state index contributed by atoms with van der Waals surface area (Å²) < 4.78 is 5.50. The standard InChI is InChI=1S/C14H26N4O/c1-4-7-12-13(15)17-10-18-14(12)16-8-5-6-9-19-11(2)3/h10-11H,4-9H2,1-3H3,(H3,15,16,17,18). The SMILES string of the molecule is CCCc1c(N)ncnc1NCCCCOC(C)C. The number of unbranched alkanes of at least 4 members (excludes halogenated alkanes) is 1. The summed E-state index contributed by atoms with van der Waals surface area (Å²) in [6, 6.07) is 0. The van der Waals surface area contributed by atoms with E-state index in [0.717, 1.165) is 50.2 Å². The Balaban J connectivity index is 2.34. The maximum absolute atomic E-state index is 5.88. The van der Waals surface area contributed by atoms with Crippen LogP contribution in [0, 0.1) is 0 Å². The van der Waals surface area contributed by atoms with Gasteiger partial charge in [0.05, 0.1) is 6.10 Å². The molecule has 0 aromatic carbocycles. The number of nitrogens with zero attached hydrogens (tertiary/aromatic N) is 2. The summed E-state index contributed by atoms with van der Waals surface area (Å²) in [7, 11) is 0. The minimum atomic E-state index is 0.311. The topological polar surface area (TPSA) is 73.1 Å². The number of nitrogens with one attached hydrogen (secondary N) is 1. The third kappa shape index (κ3) is 5.87. The summed E-state index contributed by atoms with van der Waals surface area (Å²) in [5.41, 5.74) is 6.91. The van der Waals surface area contributed by atoms with Crippen LogP contribution in [-0.2, 0) is 11.2 Å². The number of hydrogen-bond donors (Lipinski definition) is 2. The quantitative estimate of drug-likeness (QED) is 0.672. The molecule has 3 N–H and O–H groups in total. The van der Waals surface area contributed by atoms with Crippen molar-refractivity contribution < 1.29 is 4.74 Å². The van der Waals surface area contributed by atoms with Crippen LogP contribution in [0.15, 0.2) is 6.33 Å². The van der Waals surface area contributed by atoms with Crippen molar-refractivity contribution in [1.82, 2.24) is 9.97 Å². The summed E-state index contributed by atoms with van der Waals surface area (Å²) in [5.74, 6) is 1.46. The highest BCUT2D eigenvalue weighted by Crippen LogP contribution is 2.18. The van der Waals surface area contributed by atoms with E-state index in [0.29, 0.717) is 11.9 Å². The Hall–Kier alpha value is -1.36. The number of anilines is 2. The van der Waals surface area contributed by atoms with Crippen LogP contribution in [0.4, 0.5) is 11.6 Å². The lowest BCUT2D eigenvalue weighted by Gasteiger charge is -2.12. The minimum Gasteiger partial charge on any atom is -0.383 e. The van der Waals surface area contributed by atoms with Crippen LogP contribution in [0.1, 0.15) is 45.6 Å². The first-order valence-corrected chi connectivity index (χ1v) is 7.10. The van der Waals surface area contributed by atoms with Gasteiger partial charge in [0.25, 0.3) is 0 Å². The Bertz CT molecular complexity index is 368. The zero-order chi connectivity index (χ0) is 14.1. The first-order chi connectivity index (χ1) is 9.15. The van der Waals surface area contributed by atoms with Crippen LogP contribution < -0.4 is 11.1 Å². The van der Waals surface area contributed by atoms with Gasteiger partial charge in [0.1, 0.15) is 18.0 Å². The van der Waals surface area contributed by atoms with E-state index in [2.05, 4.69) is 36.1 Å². The first kappa shape index (κ1) is 15.7. The molecule has 1 rings (SSSR count). The van der Waals surface area contributed by atoms with Gasteiger partial charge in [-0.25, -0.2) is 9.97 Å². The van der Waals surface area contributed by atoms with Crippen molar-refractivity contribution in [2.45, 2.75) is 52.6 Å². The van der Waals surface area contributed by atoms with Crippen molar-refractivity contribution in [3.63, 3.8) is 0 Å². The lowest BCUT2D eigenvalue weighted by molar-refractivity contribution is 0.0765. The van der Waals surface area contributed by atoms with Crippen molar-refractivity contribution in [2.24, 2.45) is 0 Å². The number of ether oxygens (including phenoxy) is 1. The van der Waals surface area contributed by atoms with Crippen molar-refractivity contribution in [2.75, 3.05) is 24.2 Å². The fourth-order valence-corrected chi connectivity index (χ4v) is 1.83. The molecule has 0 amide bonds. The van der Waals surface area contributed by atoms with Crippen LogP contribution >= 0.6 is 0 Å². The van der Waals surface area contributed by atoms with Gasteiger partial charge in [0.15, 0.2) is 0 Å². The number of nitrogens with two attached hydrogens (primary N) is 1. The third-order valence-corrected chi connectivity index (χ3v) is 2.79. The highest BCUT2D eigenvalue weighted by atomic mass is 16.5. The first-order valence-electron chi connectivity index (χ1n) is 7.10. The zero-order valence-corrected chi connectivity index (χ0v) is 12.3. The highest BCUT2D eigenvalue weighted by molar-refractivity contribution is 5.54. The monoisotopic (exact) mass is 266 g/mol. The number of aromatic nitrogens is 2. The maximum Gasteiger partial charge on any atom is 0.134 e. The van der Waals surface area contributed by atoms with Gasteiger partial charge in [0, 0.05) is 18.7 Å². The van der Waals surface area contributed by atoms with E-state index in [9.17, 15) is 0 Å². The minimum absolute atomic E-state index is 0.311. The molecule has 0 atom stereocenters. The molecule has 0 unspecified atom stereocenters. The number of nitrogen functional groups attached to an aromatic ring is 1. The molecule has 0 fully saturated rings. The fraction of sp³-hybridized carbons (Fsp3) is 0.714. The van der Waals surface area contributed by atoms with E-state index < -0.39 is 0 Å². The summed E-state index contributed by atoms with van der Waals surface area (Å²) in [6.07, 6.45) is 5.88. The average Bonchev–Trinajstić information content (AvgIpc) is 2.37. The van der Waals surface area contributed by atoms with Gasteiger partial charge in [-0.3, -0.25) is 0 Å². The van der Waals surface area contributed by atoms with Crippen LogP contribution in [0.5, 0.6) is 0 Å². The molecule has 1 aromatic heterocycles. The molecule has 0 aliphatic carbocycles. The van der Waals surface area contributed by atoms with Crippen LogP contribution in [0.3, 0.4) is 0 Å². The van der Waals surface area contributed by atoms with Gasteiger partial charge in [-0.2, -0.15) is 0 Å². The molecule has 0 spiro atoms. The molecule has 1 heterocycles. The van der Waals surface area contributed by atoms with Crippen molar-refractivity contribution in [1.29, 1.82) is 0 Å². The molecule has 5 heteroatoms. The smallest absolute Gasteiger partial charge is 0.134 e. The highest BCUT2D eigenvalue weighted by Gasteiger charge is 2.07. The van der Waals surface area contributed by atoms with E-state index in [4.69, 9.17) is 10.5 Å². The summed E-state index contributed by atoms with van der Waals surface area (Å²) in [4.78, 5) is 8.31. The molecule has 0 aliphatic rings. The molecule has 108 valence electrons. The predicted octanol–water partition coefficient (Wildman–Crippen LogP) is 2.63. The van der Waals surface area contributed by atoms with Crippen molar-refractivity contribution in [3.05, 3.63) is 11.9 Å². The summed E-state index contributed by atoms with van der Waals surface area (Å²) in [6.45, 7) is 7.93. The zero-order valence-electron chi connectivity index (χ0n) is 12.3.